The van der Waals surface area contributed by atoms with Gasteiger partial charge in [-0.1, -0.05) is 0 Å². The van der Waals surface area contributed by atoms with Crippen molar-refractivity contribution >= 4 is 5.91 Å². The minimum atomic E-state index is -1.45. The fourth-order valence-corrected chi connectivity index (χ4v) is 5.69. The Labute approximate surface area is 250 Å². The number of ether oxygens (including phenoxy) is 4. The van der Waals surface area contributed by atoms with Crippen LogP contribution in [0, 0.1) is 5.92 Å². The Hall–Kier alpha value is -1.55. The average Bonchev–Trinajstić information content (AvgIpc) is 2.95. The van der Waals surface area contributed by atoms with Gasteiger partial charge in [-0.05, 0) is 38.8 Å². The SMILES string of the molecule is CN[C@@H]1[C@@H](O)[C@@H](O[C@H]2[C@H](CC(=O)N(O)CCN)C[C@H](N)C(O[C@H]3OC(CNCC(O)CO)=CC[C@H]3N)[C@@H]2O)OC[C@]1(C)O. The first-order chi connectivity index (χ1) is 20.3. The van der Waals surface area contributed by atoms with E-state index >= 15 is 0 Å². The number of nitrogens with zero attached hydrogens (tertiary/aromatic N) is 1. The Morgan fingerprint density at radius 2 is 1.91 bits per heavy atom. The lowest BCUT2D eigenvalue weighted by atomic mass is 9.77. The molecule has 0 aromatic heterocycles. The summed E-state index contributed by atoms with van der Waals surface area (Å²) >= 11 is 0. The third-order valence-electron chi connectivity index (χ3n) is 8.05. The molecule has 0 aromatic rings. The second-order valence-electron chi connectivity index (χ2n) is 11.7. The highest BCUT2D eigenvalue weighted by Crippen LogP contribution is 2.36. The molecule has 3 rings (SSSR count). The van der Waals surface area contributed by atoms with E-state index in [1.165, 1.54) is 6.92 Å². The lowest BCUT2D eigenvalue weighted by molar-refractivity contribution is -0.308. The molecule has 1 amide bonds. The number of amides is 1. The third-order valence-corrected chi connectivity index (χ3v) is 8.05. The second-order valence-corrected chi connectivity index (χ2v) is 11.7. The van der Waals surface area contributed by atoms with Crippen molar-refractivity contribution in [3.05, 3.63) is 11.8 Å². The van der Waals surface area contributed by atoms with Crippen molar-refractivity contribution in [3.8, 4) is 0 Å². The van der Waals surface area contributed by atoms with Gasteiger partial charge in [0, 0.05) is 25.6 Å². The molecular formula is C26H50N6O11. The average molecular weight is 623 g/mol. The highest BCUT2D eigenvalue weighted by Gasteiger charge is 2.51. The molecule has 0 spiro atoms. The zero-order valence-electron chi connectivity index (χ0n) is 24.7. The minimum Gasteiger partial charge on any atom is -0.467 e. The summed E-state index contributed by atoms with van der Waals surface area (Å²) in [4.78, 5) is 12.7. The van der Waals surface area contributed by atoms with Crippen molar-refractivity contribution < 1.29 is 54.5 Å². The van der Waals surface area contributed by atoms with E-state index in [1.54, 1.807) is 13.1 Å². The number of rotatable bonds is 14. The monoisotopic (exact) mass is 622 g/mol. The quantitative estimate of drug-likeness (QED) is 0.0639. The van der Waals surface area contributed by atoms with E-state index in [0.717, 1.165) is 0 Å². The van der Waals surface area contributed by atoms with Gasteiger partial charge in [0.15, 0.2) is 6.29 Å². The molecule has 1 saturated heterocycles. The van der Waals surface area contributed by atoms with Gasteiger partial charge in [0.25, 0.3) is 0 Å². The first kappa shape index (κ1) is 35.9. The molecule has 2 heterocycles. The van der Waals surface area contributed by atoms with Crippen LogP contribution in [-0.4, -0.2) is 155 Å². The van der Waals surface area contributed by atoms with E-state index in [-0.39, 0.29) is 45.6 Å². The molecule has 1 aliphatic carbocycles. The predicted molar refractivity (Wildman–Crippen MR) is 150 cm³/mol. The van der Waals surface area contributed by atoms with Crippen LogP contribution in [0.4, 0.5) is 0 Å². The van der Waals surface area contributed by atoms with Crippen LogP contribution >= 0.6 is 0 Å². The zero-order chi connectivity index (χ0) is 31.9. The van der Waals surface area contributed by atoms with E-state index in [9.17, 15) is 30.4 Å². The Bertz CT molecular complexity index is 917. The van der Waals surface area contributed by atoms with E-state index in [4.69, 9.17) is 41.3 Å². The molecule has 3 aliphatic rings. The van der Waals surface area contributed by atoms with Crippen LogP contribution in [0.1, 0.15) is 26.2 Å². The third kappa shape index (κ3) is 9.24. The predicted octanol–water partition coefficient (Wildman–Crippen LogP) is -5.01. The first-order valence-corrected chi connectivity index (χ1v) is 14.6. The van der Waals surface area contributed by atoms with Crippen LogP contribution in [0.15, 0.2) is 11.8 Å². The fraction of sp³-hybridized carbons (Fsp3) is 0.885. The van der Waals surface area contributed by atoms with Gasteiger partial charge in [0.05, 0.1) is 50.6 Å². The molecule has 2 aliphatic heterocycles. The summed E-state index contributed by atoms with van der Waals surface area (Å²) in [6.45, 7) is 1.23. The van der Waals surface area contributed by atoms with Crippen molar-refractivity contribution in [2.24, 2.45) is 23.1 Å². The Morgan fingerprint density at radius 3 is 2.56 bits per heavy atom. The maximum absolute atomic E-state index is 12.7. The highest BCUT2D eigenvalue weighted by atomic mass is 16.7. The van der Waals surface area contributed by atoms with E-state index in [0.29, 0.717) is 17.2 Å². The molecule has 43 heavy (non-hydrogen) atoms. The Morgan fingerprint density at radius 1 is 1.21 bits per heavy atom. The second kappa shape index (κ2) is 16.1. The van der Waals surface area contributed by atoms with E-state index in [1.807, 2.05) is 0 Å². The van der Waals surface area contributed by atoms with Gasteiger partial charge in [-0.15, -0.1) is 0 Å². The first-order valence-electron chi connectivity index (χ1n) is 14.6. The number of carbonyl (C=O) groups is 1. The van der Waals surface area contributed by atoms with Gasteiger partial charge in [-0.2, -0.15) is 0 Å². The maximum Gasteiger partial charge on any atom is 0.246 e. The molecule has 17 heteroatoms. The molecule has 17 nitrogen and oxygen atoms in total. The van der Waals surface area contributed by atoms with Gasteiger partial charge >= 0.3 is 0 Å². The largest absolute Gasteiger partial charge is 0.467 e. The molecule has 2 fully saturated rings. The topological polar surface area (TPSA) is 281 Å². The van der Waals surface area contributed by atoms with Crippen molar-refractivity contribution in [1.82, 2.24) is 15.7 Å². The summed E-state index contributed by atoms with van der Waals surface area (Å²) in [6.07, 6.45) is -6.23. The zero-order valence-corrected chi connectivity index (χ0v) is 24.7. The van der Waals surface area contributed by atoms with E-state index < -0.39 is 85.3 Å². The van der Waals surface area contributed by atoms with Crippen LogP contribution in [0.2, 0.25) is 0 Å². The van der Waals surface area contributed by atoms with Crippen LogP contribution in [0.5, 0.6) is 0 Å². The molecular weight excluding hydrogens is 572 g/mol. The lowest BCUT2D eigenvalue weighted by Gasteiger charge is -2.48. The molecule has 14 N–H and O–H groups in total. The molecule has 0 aromatic carbocycles. The number of carbonyl (C=O) groups excluding carboxylic acids is 1. The van der Waals surface area contributed by atoms with Crippen molar-refractivity contribution in [2.75, 3.05) is 46.4 Å². The summed E-state index contributed by atoms with van der Waals surface area (Å²) in [5.41, 5.74) is 16.7. The molecule has 250 valence electrons. The molecule has 1 saturated carbocycles. The summed E-state index contributed by atoms with van der Waals surface area (Å²) < 4.78 is 23.8. The fourth-order valence-electron chi connectivity index (χ4n) is 5.69. The van der Waals surface area contributed by atoms with Gasteiger partial charge in [-0.25, -0.2) is 5.06 Å². The van der Waals surface area contributed by atoms with E-state index in [2.05, 4.69) is 10.6 Å². The number of likely N-dealkylation sites (N-methyl/N-ethyl adjacent to an activating group) is 1. The number of hydroxylamine groups is 2. The smallest absolute Gasteiger partial charge is 0.246 e. The number of aliphatic hydroxyl groups excluding tert-OH is 4. The standard InChI is InChI=1S/C26H50N6O11/c1-26(38)12-40-25(20(37)23(26)30-2)42-21-13(8-18(35)32(39)6-5-27)7-17(29)22(19(21)36)43-24-16(28)4-3-15(41-24)10-31-9-14(34)11-33/h3,13-14,16-17,19-25,30-31,33-34,36-39H,4-12,27-29H2,1-2H3/t13-,14?,16+,17-,19+,20+,21-,22?,23+,24+,25+,26-/m0/s1. The van der Waals surface area contributed by atoms with Gasteiger partial charge in [0.1, 0.15) is 29.7 Å². The van der Waals surface area contributed by atoms with Crippen LogP contribution in [0.25, 0.3) is 0 Å². The van der Waals surface area contributed by atoms with Crippen LogP contribution in [0.3, 0.4) is 0 Å². The number of aliphatic hydroxyl groups is 5. The molecule has 0 bridgehead atoms. The molecule has 2 unspecified atom stereocenters. The number of nitrogens with one attached hydrogen (secondary N) is 2. The summed E-state index contributed by atoms with van der Waals surface area (Å²) in [6, 6.07) is -2.24. The van der Waals surface area contributed by atoms with Gasteiger partial charge < -0.3 is 72.3 Å². The number of nitrogens with two attached hydrogens (primary N) is 3. The maximum atomic E-state index is 12.7. The number of hydrogen-bond acceptors (Lipinski definition) is 16. The normalized spacial score (nSPS) is 39.1. The van der Waals surface area contributed by atoms with Crippen LogP contribution in [-0.2, 0) is 23.7 Å². The molecule has 12 atom stereocenters. The lowest BCUT2D eigenvalue weighted by Crippen LogP contribution is -2.67. The summed E-state index contributed by atoms with van der Waals surface area (Å²) in [7, 11) is 1.57. The van der Waals surface area contributed by atoms with Crippen molar-refractivity contribution in [2.45, 2.75) is 93.0 Å². The van der Waals surface area contributed by atoms with Crippen molar-refractivity contribution in [3.63, 3.8) is 0 Å². The van der Waals surface area contributed by atoms with Crippen LogP contribution < -0.4 is 27.8 Å². The minimum absolute atomic E-state index is 0.0357. The highest BCUT2D eigenvalue weighted by molar-refractivity contribution is 5.75. The molecule has 0 radical (unpaired) electrons. The number of hydrogen-bond donors (Lipinski definition) is 11. The van der Waals surface area contributed by atoms with Crippen molar-refractivity contribution in [1.29, 1.82) is 0 Å². The van der Waals surface area contributed by atoms with Gasteiger partial charge in [0.2, 0.25) is 12.2 Å². The summed E-state index contributed by atoms with van der Waals surface area (Å²) in [5, 5.41) is 68.1. The Kier molecular flexibility index (Phi) is 13.5. The Balaban J connectivity index is 1.76. The summed E-state index contributed by atoms with van der Waals surface area (Å²) in [5.74, 6) is -0.899. The van der Waals surface area contributed by atoms with Gasteiger partial charge in [-0.3, -0.25) is 10.0 Å².